The zero-order valence-electron chi connectivity index (χ0n) is 16.5. The summed E-state index contributed by atoms with van der Waals surface area (Å²) in [7, 11) is 1.63. The maximum absolute atomic E-state index is 12.6. The molecule has 3 aromatic rings. The van der Waals surface area contributed by atoms with E-state index in [-0.39, 0.29) is 11.8 Å². The van der Waals surface area contributed by atoms with Gasteiger partial charge in [0, 0.05) is 35.7 Å². The number of benzene rings is 2. The van der Waals surface area contributed by atoms with Crippen molar-refractivity contribution in [2.75, 3.05) is 20.2 Å². The molecular formula is C23H23ClN2O3. The molecule has 0 N–H and O–H groups in total. The number of nitrogens with zero attached hydrogens (tertiary/aromatic N) is 2. The van der Waals surface area contributed by atoms with Crippen LogP contribution in [-0.2, 0) is 4.79 Å². The normalized spacial score (nSPS) is 15.3. The van der Waals surface area contributed by atoms with Gasteiger partial charge in [0.25, 0.3) is 0 Å². The molecule has 1 aromatic heterocycles. The molecule has 0 saturated carbocycles. The highest BCUT2D eigenvalue weighted by Gasteiger charge is 2.26. The Morgan fingerprint density at radius 3 is 2.79 bits per heavy atom. The molecule has 29 heavy (non-hydrogen) atoms. The van der Waals surface area contributed by atoms with Crippen molar-refractivity contribution in [2.24, 2.45) is 0 Å². The van der Waals surface area contributed by atoms with Crippen LogP contribution in [0, 0.1) is 6.92 Å². The molecule has 1 aliphatic rings. The Morgan fingerprint density at radius 2 is 2.03 bits per heavy atom. The Morgan fingerprint density at radius 1 is 1.24 bits per heavy atom. The highest BCUT2D eigenvalue weighted by Crippen LogP contribution is 2.31. The first-order valence-corrected chi connectivity index (χ1v) is 10.1. The van der Waals surface area contributed by atoms with E-state index in [2.05, 4.69) is 4.98 Å². The second-order valence-corrected chi connectivity index (χ2v) is 7.78. The number of halogens is 1. The van der Waals surface area contributed by atoms with Gasteiger partial charge in [-0.05, 0) is 56.2 Å². The number of oxazole rings is 1. The number of amides is 1. The largest absolute Gasteiger partial charge is 0.496 e. The number of methoxy groups -OCH3 is 1. The number of piperidine rings is 1. The zero-order valence-corrected chi connectivity index (χ0v) is 17.3. The molecule has 150 valence electrons. The second-order valence-electron chi connectivity index (χ2n) is 7.34. The SMILES string of the molecule is COc1ccc(C)cc1/C=C/C(=O)N1CCC(c2nc3cc(Cl)ccc3o2)CC1. The Hall–Kier alpha value is -2.79. The van der Waals surface area contributed by atoms with Crippen molar-refractivity contribution in [1.82, 2.24) is 9.88 Å². The van der Waals surface area contributed by atoms with Crippen molar-refractivity contribution in [3.63, 3.8) is 0 Å². The standard InChI is InChI=1S/C23H23ClN2O3/c1-15-3-6-20(28-2)17(13-15)4-8-22(27)26-11-9-16(10-12-26)23-25-19-14-18(24)5-7-21(19)29-23/h3-8,13-14,16H,9-12H2,1-2H3/b8-4+. The highest BCUT2D eigenvalue weighted by atomic mass is 35.5. The molecule has 0 bridgehead atoms. The van der Waals surface area contributed by atoms with Gasteiger partial charge in [-0.25, -0.2) is 4.98 Å². The van der Waals surface area contributed by atoms with Crippen LogP contribution in [0.3, 0.4) is 0 Å². The van der Waals surface area contributed by atoms with E-state index in [1.54, 1.807) is 19.3 Å². The number of hydrogen-bond acceptors (Lipinski definition) is 4. The van der Waals surface area contributed by atoms with Gasteiger partial charge in [0.15, 0.2) is 11.5 Å². The quantitative estimate of drug-likeness (QED) is 0.553. The summed E-state index contributed by atoms with van der Waals surface area (Å²) in [5, 5.41) is 0.648. The summed E-state index contributed by atoms with van der Waals surface area (Å²) in [5.41, 5.74) is 3.55. The Bertz CT molecular complexity index is 1070. The first-order valence-electron chi connectivity index (χ1n) is 9.71. The van der Waals surface area contributed by atoms with E-state index in [0.717, 1.165) is 46.7 Å². The molecule has 1 amide bonds. The Kier molecular flexibility index (Phi) is 5.58. The first-order chi connectivity index (χ1) is 14.0. The molecular weight excluding hydrogens is 388 g/mol. The van der Waals surface area contributed by atoms with E-state index in [1.165, 1.54) is 0 Å². The van der Waals surface area contributed by atoms with Crippen LogP contribution in [0.25, 0.3) is 17.2 Å². The van der Waals surface area contributed by atoms with Gasteiger partial charge in [0.05, 0.1) is 7.11 Å². The molecule has 0 spiro atoms. The van der Waals surface area contributed by atoms with Crippen LogP contribution in [0.5, 0.6) is 5.75 Å². The molecule has 1 fully saturated rings. The van der Waals surface area contributed by atoms with E-state index in [4.69, 9.17) is 20.8 Å². The summed E-state index contributed by atoms with van der Waals surface area (Å²) in [5.74, 6) is 1.71. The van der Waals surface area contributed by atoms with E-state index in [0.29, 0.717) is 18.1 Å². The van der Waals surface area contributed by atoms with Crippen molar-refractivity contribution in [1.29, 1.82) is 0 Å². The van der Waals surface area contributed by atoms with Gasteiger partial charge in [-0.1, -0.05) is 23.2 Å². The van der Waals surface area contributed by atoms with Crippen LogP contribution >= 0.6 is 11.6 Å². The average Bonchev–Trinajstić information content (AvgIpc) is 3.15. The molecule has 0 atom stereocenters. The minimum atomic E-state index is 0.0105. The third-order valence-corrected chi connectivity index (χ3v) is 5.55. The number of aromatic nitrogens is 1. The average molecular weight is 411 g/mol. The highest BCUT2D eigenvalue weighted by molar-refractivity contribution is 6.31. The molecule has 0 aliphatic carbocycles. The summed E-state index contributed by atoms with van der Waals surface area (Å²) in [6.07, 6.45) is 5.10. The van der Waals surface area contributed by atoms with Gasteiger partial charge in [-0.15, -0.1) is 0 Å². The first kappa shape index (κ1) is 19.5. The summed E-state index contributed by atoms with van der Waals surface area (Å²) in [6.45, 7) is 3.37. The summed E-state index contributed by atoms with van der Waals surface area (Å²) in [4.78, 5) is 19.1. The van der Waals surface area contributed by atoms with Crippen molar-refractivity contribution < 1.29 is 13.9 Å². The number of likely N-dealkylation sites (tertiary alicyclic amines) is 1. The Balaban J connectivity index is 1.40. The molecule has 4 rings (SSSR count). The fraction of sp³-hybridized carbons (Fsp3) is 0.304. The van der Waals surface area contributed by atoms with Gasteiger partial charge in [-0.2, -0.15) is 0 Å². The minimum Gasteiger partial charge on any atom is -0.496 e. The van der Waals surface area contributed by atoms with Gasteiger partial charge in [0.1, 0.15) is 11.3 Å². The van der Waals surface area contributed by atoms with Gasteiger partial charge >= 0.3 is 0 Å². The van der Waals surface area contributed by atoms with Crippen LogP contribution in [0.4, 0.5) is 0 Å². The van der Waals surface area contributed by atoms with E-state index >= 15 is 0 Å². The van der Waals surface area contributed by atoms with Crippen LogP contribution < -0.4 is 4.74 Å². The molecule has 0 radical (unpaired) electrons. The molecule has 6 heteroatoms. The zero-order chi connectivity index (χ0) is 20.4. The number of rotatable bonds is 4. The summed E-state index contributed by atoms with van der Waals surface area (Å²) in [6, 6.07) is 11.4. The molecule has 2 aromatic carbocycles. The van der Waals surface area contributed by atoms with Gasteiger partial charge in [0.2, 0.25) is 5.91 Å². The maximum Gasteiger partial charge on any atom is 0.246 e. The lowest BCUT2D eigenvalue weighted by atomic mass is 9.96. The van der Waals surface area contributed by atoms with E-state index < -0.39 is 0 Å². The monoisotopic (exact) mass is 410 g/mol. The number of ether oxygens (including phenoxy) is 1. The lowest BCUT2D eigenvalue weighted by Crippen LogP contribution is -2.36. The molecule has 5 nitrogen and oxygen atoms in total. The maximum atomic E-state index is 12.6. The lowest BCUT2D eigenvalue weighted by molar-refractivity contribution is -0.127. The number of hydrogen-bond donors (Lipinski definition) is 0. The van der Waals surface area contributed by atoms with Gasteiger partial charge in [-0.3, -0.25) is 4.79 Å². The topological polar surface area (TPSA) is 55.6 Å². The number of aryl methyl sites for hydroxylation is 1. The van der Waals surface area contributed by atoms with E-state index in [1.807, 2.05) is 48.2 Å². The number of carbonyl (C=O) groups excluding carboxylic acids is 1. The summed E-state index contributed by atoms with van der Waals surface area (Å²) >= 11 is 6.03. The van der Waals surface area contributed by atoms with Crippen LogP contribution in [0.1, 0.15) is 35.8 Å². The van der Waals surface area contributed by atoms with Crippen LogP contribution in [0.15, 0.2) is 46.9 Å². The second kappa shape index (κ2) is 8.29. The third kappa shape index (κ3) is 4.30. The van der Waals surface area contributed by atoms with Crippen LogP contribution in [0.2, 0.25) is 5.02 Å². The van der Waals surface area contributed by atoms with Crippen molar-refractivity contribution in [3.05, 3.63) is 64.5 Å². The smallest absolute Gasteiger partial charge is 0.246 e. The van der Waals surface area contributed by atoms with Crippen LogP contribution in [-0.4, -0.2) is 36.0 Å². The van der Waals surface area contributed by atoms with Crippen molar-refractivity contribution in [2.45, 2.75) is 25.7 Å². The fourth-order valence-electron chi connectivity index (χ4n) is 3.69. The predicted molar refractivity (Wildman–Crippen MR) is 114 cm³/mol. The molecule has 2 heterocycles. The van der Waals surface area contributed by atoms with Gasteiger partial charge < -0.3 is 14.1 Å². The number of fused-ring (bicyclic) bond motifs is 1. The van der Waals surface area contributed by atoms with Crippen molar-refractivity contribution >= 4 is 34.7 Å². The molecule has 1 saturated heterocycles. The molecule has 1 aliphatic heterocycles. The third-order valence-electron chi connectivity index (χ3n) is 5.31. The van der Waals surface area contributed by atoms with Crippen molar-refractivity contribution in [3.8, 4) is 5.75 Å². The van der Waals surface area contributed by atoms with E-state index in [9.17, 15) is 4.79 Å². The minimum absolute atomic E-state index is 0.0105. The fourth-order valence-corrected chi connectivity index (χ4v) is 3.86. The number of carbonyl (C=O) groups is 1. The summed E-state index contributed by atoms with van der Waals surface area (Å²) < 4.78 is 11.3. The Labute approximate surface area is 174 Å². The lowest BCUT2D eigenvalue weighted by Gasteiger charge is -2.29. The predicted octanol–water partition coefficient (Wildman–Crippen LogP) is 5.22. The molecule has 0 unspecified atom stereocenters.